The van der Waals surface area contributed by atoms with Gasteiger partial charge in [-0.15, -0.1) is 0 Å². The van der Waals surface area contributed by atoms with Crippen LogP contribution in [-0.4, -0.2) is 4.98 Å². The molecule has 0 aliphatic rings. The van der Waals surface area contributed by atoms with Gasteiger partial charge in [-0.05, 0) is 38.3 Å². The average molecular weight is 177 g/mol. The molecule has 1 heteroatoms. The number of aryl methyl sites for hydroxylation is 1. The average Bonchev–Trinajstić information content (AvgIpc) is 2.64. The lowest BCUT2D eigenvalue weighted by atomic mass is 10.0. The van der Waals surface area contributed by atoms with Gasteiger partial charge in [0, 0.05) is 11.9 Å². The Labute approximate surface area is 80.9 Å². The maximum Gasteiger partial charge on any atom is 0.0150 e. The zero-order valence-electron chi connectivity index (χ0n) is 8.64. The summed E-state index contributed by atoms with van der Waals surface area (Å²) in [5.41, 5.74) is 2.92. The molecule has 0 bridgehead atoms. The van der Waals surface area contributed by atoms with Crippen molar-refractivity contribution in [1.29, 1.82) is 0 Å². The standard InChI is InChI=1S/C12H19N/c1-3-6-11(4-2)8-9-12-7-5-10-13-12/h4-5,7,10,13H,3,6,8-9H2,1-2H3/b11-4-. The molecule has 0 radical (unpaired) electrons. The smallest absolute Gasteiger partial charge is 0.0150 e. The third kappa shape index (κ3) is 3.49. The highest BCUT2D eigenvalue weighted by atomic mass is 14.7. The summed E-state index contributed by atoms with van der Waals surface area (Å²) in [6, 6.07) is 4.21. The van der Waals surface area contributed by atoms with Gasteiger partial charge in [0.25, 0.3) is 0 Å². The number of rotatable bonds is 5. The number of nitrogens with one attached hydrogen (secondary N) is 1. The highest BCUT2D eigenvalue weighted by Gasteiger charge is 1.97. The van der Waals surface area contributed by atoms with Crippen LogP contribution in [-0.2, 0) is 6.42 Å². The molecule has 1 N–H and O–H groups in total. The maximum atomic E-state index is 3.23. The fourth-order valence-corrected chi connectivity index (χ4v) is 1.55. The van der Waals surface area contributed by atoms with Crippen molar-refractivity contribution in [2.45, 2.75) is 39.5 Å². The van der Waals surface area contributed by atoms with Crippen molar-refractivity contribution in [1.82, 2.24) is 4.98 Å². The molecule has 0 aliphatic carbocycles. The van der Waals surface area contributed by atoms with Crippen molar-refractivity contribution in [3.63, 3.8) is 0 Å². The van der Waals surface area contributed by atoms with E-state index in [0.29, 0.717) is 0 Å². The monoisotopic (exact) mass is 177 g/mol. The second kappa shape index (κ2) is 5.63. The van der Waals surface area contributed by atoms with E-state index < -0.39 is 0 Å². The van der Waals surface area contributed by atoms with Crippen LogP contribution in [0.25, 0.3) is 0 Å². The van der Waals surface area contributed by atoms with E-state index >= 15 is 0 Å². The number of H-pyrrole nitrogens is 1. The van der Waals surface area contributed by atoms with E-state index in [4.69, 9.17) is 0 Å². The molecule has 0 spiro atoms. The highest BCUT2D eigenvalue weighted by molar-refractivity contribution is 5.08. The molecular weight excluding hydrogens is 158 g/mol. The molecule has 0 unspecified atom stereocenters. The summed E-state index contributed by atoms with van der Waals surface area (Å²) in [6.45, 7) is 4.37. The van der Waals surface area contributed by atoms with Crippen LogP contribution in [0.15, 0.2) is 30.0 Å². The van der Waals surface area contributed by atoms with Gasteiger partial charge in [0.05, 0.1) is 0 Å². The molecular formula is C12H19N. The second-order valence-corrected chi connectivity index (χ2v) is 3.39. The SMILES string of the molecule is C/C=C(/CCC)CCc1ccc[nH]1. The molecule has 0 fully saturated rings. The molecule has 72 valence electrons. The molecule has 1 nitrogen and oxygen atoms in total. The molecule has 13 heavy (non-hydrogen) atoms. The summed E-state index contributed by atoms with van der Waals surface area (Å²) in [5, 5.41) is 0. The van der Waals surface area contributed by atoms with Crippen molar-refractivity contribution in [2.75, 3.05) is 0 Å². The minimum Gasteiger partial charge on any atom is -0.365 e. The van der Waals surface area contributed by atoms with Gasteiger partial charge in [-0.25, -0.2) is 0 Å². The van der Waals surface area contributed by atoms with Gasteiger partial charge in [-0.3, -0.25) is 0 Å². The lowest BCUT2D eigenvalue weighted by molar-refractivity contribution is 0.806. The maximum absolute atomic E-state index is 3.23. The predicted octanol–water partition coefficient (Wildman–Crippen LogP) is 3.69. The summed E-state index contributed by atoms with van der Waals surface area (Å²) < 4.78 is 0. The van der Waals surface area contributed by atoms with Crippen LogP contribution in [0.1, 0.15) is 38.8 Å². The van der Waals surface area contributed by atoms with E-state index in [0.717, 1.165) is 6.42 Å². The first kappa shape index (κ1) is 10.1. The highest BCUT2D eigenvalue weighted by Crippen LogP contribution is 2.12. The molecule has 0 atom stereocenters. The first-order valence-electron chi connectivity index (χ1n) is 5.13. The van der Waals surface area contributed by atoms with Gasteiger partial charge in [-0.1, -0.05) is 25.0 Å². The Morgan fingerprint density at radius 1 is 1.46 bits per heavy atom. The van der Waals surface area contributed by atoms with E-state index in [1.165, 1.54) is 25.0 Å². The Morgan fingerprint density at radius 2 is 2.31 bits per heavy atom. The van der Waals surface area contributed by atoms with E-state index in [9.17, 15) is 0 Å². The number of aromatic amines is 1. The van der Waals surface area contributed by atoms with Crippen molar-refractivity contribution >= 4 is 0 Å². The topological polar surface area (TPSA) is 15.8 Å². The number of hydrogen-bond acceptors (Lipinski definition) is 0. The van der Waals surface area contributed by atoms with Crippen molar-refractivity contribution in [3.05, 3.63) is 35.7 Å². The lowest BCUT2D eigenvalue weighted by Gasteiger charge is -2.03. The Hall–Kier alpha value is -0.980. The number of hydrogen-bond donors (Lipinski definition) is 1. The molecule has 0 saturated carbocycles. The fraction of sp³-hybridized carbons (Fsp3) is 0.500. The Morgan fingerprint density at radius 3 is 2.85 bits per heavy atom. The molecule has 0 aromatic carbocycles. The number of allylic oxidation sites excluding steroid dienone is 2. The van der Waals surface area contributed by atoms with Gasteiger partial charge >= 0.3 is 0 Å². The van der Waals surface area contributed by atoms with Gasteiger partial charge < -0.3 is 4.98 Å². The molecule has 0 saturated heterocycles. The first-order chi connectivity index (χ1) is 6.36. The van der Waals surface area contributed by atoms with Crippen LogP contribution < -0.4 is 0 Å². The van der Waals surface area contributed by atoms with Gasteiger partial charge in [0.15, 0.2) is 0 Å². The van der Waals surface area contributed by atoms with Crippen LogP contribution in [0.4, 0.5) is 0 Å². The van der Waals surface area contributed by atoms with Crippen LogP contribution in [0.5, 0.6) is 0 Å². The Bertz CT molecular complexity index is 244. The van der Waals surface area contributed by atoms with E-state index in [1.54, 1.807) is 5.57 Å². The summed E-state index contributed by atoms with van der Waals surface area (Å²) >= 11 is 0. The molecule has 1 aromatic rings. The predicted molar refractivity (Wildman–Crippen MR) is 57.8 cm³/mol. The molecule has 1 aromatic heterocycles. The van der Waals surface area contributed by atoms with E-state index in [-0.39, 0.29) is 0 Å². The zero-order valence-corrected chi connectivity index (χ0v) is 8.64. The van der Waals surface area contributed by atoms with Gasteiger partial charge in [0.2, 0.25) is 0 Å². The molecule has 0 amide bonds. The zero-order chi connectivity index (χ0) is 9.52. The minimum atomic E-state index is 1.15. The fourth-order valence-electron chi connectivity index (χ4n) is 1.55. The van der Waals surface area contributed by atoms with Crippen molar-refractivity contribution in [2.24, 2.45) is 0 Å². The van der Waals surface area contributed by atoms with Crippen molar-refractivity contribution in [3.8, 4) is 0 Å². The minimum absolute atomic E-state index is 1.15. The summed E-state index contributed by atoms with van der Waals surface area (Å²) in [6.07, 6.45) is 9.09. The van der Waals surface area contributed by atoms with Gasteiger partial charge in [-0.2, -0.15) is 0 Å². The summed E-state index contributed by atoms with van der Waals surface area (Å²) in [4.78, 5) is 3.23. The Kier molecular flexibility index (Phi) is 4.37. The van der Waals surface area contributed by atoms with Crippen LogP contribution in [0, 0.1) is 0 Å². The normalized spacial score (nSPS) is 12.0. The molecule has 1 rings (SSSR count). The van der Waals surface area contributed by atoms with E-state index in [1.807, 2.05) is 6.20 Å². The van der Waals surface area contributed by atoms with Crippen LogP contribution >= 0.6 is 0 Å². The quantitative estimate of drug-likeness (QED) is 0.660. The molecule has 1 heterocycles. The van der Waals surface area contributed by atoms with Crippen LogP contribution in [0.3, 0.4) is 0 Å². The van der Waals surface area contributed by atoms with E-state index in [2.05, 4.69) is 37.0 Å². The second-order valence-electron chi connectivity index (χ2n) is 3.39. The van der Waals surface area contributed by atoms with Gasteiger partial charge in [0.1, 0.15) is 0 Å². The third-order valence-electron chi connectivity index (χ3n) is 2.36. The summed E-state index contributed by atoms with van der Waals surface area (Å²) in [7, 11) is 0. The number of aromatic nitrogens is 1. The summed E-state index contributed by atoms with van der Waals surface area (Å²) in [5.74, 6) is 0. The largest absolute Gasteiger partial charge is 0.365 e. The first-order valence-corrected chi connectivity index (χ1v) is 5.13. The van der Waals surface area contributed by atoms with Crippen LogP contribution in [0.2, 0.25) is 0 Å². The van der Waals surface area contributed by atoms with Crippen molar-refractivity contribution < 1.29 is 0 Å². The Balaban J connectivity index is 2.33. The third-order valence-corrected chi connectivity index (χ3v) is 2.36. The molecule has 0 aliphatic heterocycles. The lowest BCUT2D eigenvalue weighted by Crippen LogP contribution is -1.89.